The van der Waals surface area contributed by atoms with Crippen molar-refractivity contribution >= 4 is 33.6 Å². The number of fused-ring (bicyclic) bond motifs is 2. The van der Waals surface area contributed by atoms with Gasteiger partial charge in [-0.05, 0) is 80.4 Å². The second-order valence-electron chi connectivity index (χ2n) is 12.2. The van der Waals surface area contributed by atoms with Crippen molar-refractivity contribution < 1.29 is 19.1 Å². The molecule has 2 aliphatic rings. The number of hydrogen-bond acceptors (Lipinski definition) is 9. The normalized spacial score (nSPS) is 20.0. The van der Waals surface area contributed by atoms with Gasteiger partial charge in [-0.1, -0.05) is 31.3 Å². The smallest absolute Gasteiger partial charge is 0.306 e. The Balaban J connectivity index is 1.21. The fraction of sp³-hybridized carbons (Fsp3) is 0.469. The summed E-state index contributed by atoms with van der Waals surface area (Å²) < 4.78 is 15.4. The molecule has 0 saturated carbocycles. The van der Waals surface area contributed by atoms with Gasteiger partial charge in [0.1, 0.15) is 16.0 Å². The number of pyridine rings is 2. The van der Waals surface area contributed by atoms with Gasteiger partial charge in [0.25, 0.3) is 5.91 Å². The molecular weight excluding hydrogens is 581 g/mol. The van der Waals surface area contributed by atoms with E-state index >= 15 is 4.39 Å². The number of aliphatic carboxylic acids is 1. The average molecular weight is 618 g/mol. The van der Waals surface area contributed by atoms with Crippen LogP contribution in [0.25, 0.3) is 21.6 Å². The highest BCUT2D eigenvalue weighted by molar-refractivity contribution is 7.19. The number of aryl methyl sites for hydroxylation is 1. The van der Waals surface area contributed by atoms with Crippen molar-refractivity contribution in [2.45, 2.75) is 64.1 Å². The number of aromatic nitrogens is 5. The molecule has 0 bridgehead atoms. The molecule has 0 radical (unpaired) electrons. The van der Waals surface area contributed by atoms with Crippen molar-refractivity contribution in [3.63, 3.8) is 0 Å². The third kappa shape index (κ3) is 6.46. The van der Waals surface area contributed by atoms with Gasteiger partial charge in [0.05, 0.1) is 30.0 Å². The maximum Gasteiger partial charge on any atom is 0.306 e. The van der Waals surface area contributed by atoms with Crippen molar-refractivity contribution in [2.75, 3.05) is 19.6 Å². The second kappa shape index (κ2) is 12.6. The molecule has 1 aliphatic heterocycles. The lowest BCUT2D eigenvalue weighted by Gasteiger charge is -2.33. The van der Waals surface area contributed by atoms with E-state index in [0.717, 1.165) is 28.1 Å². The van der Waals surface area contributed by atoms with E-state index in [9.17, 15) is 14.7 Å². The Kier molecular flexibility index (Phi) is 8.64. The highest BCUT2D eigenvalue weighted by atomic mass is 32.1. The summed E-state index contributed by atoms with van der Waals surface area (Å²) in [5, 5.41) is 20.6. The van der Waals surface area contributed by atoms with Gasteiger partial charge in [-0.25, -0.2) is 14.4 Å². The third-order valence-corrected chi connectivity index (χ3v) is 10.1. The van der Waals surface area contributed by atoms with Crippen LogP contribution in [-0.2, 0) is 17.6 Å². The maximum atomic E-state index is 15.4. The predicted octanol–water partition coefficient (Wildman–Crippen LogP) is 5.05. The van der Waals surface area contributed by atoms with Gasteiger partial charge < -0.3 is 15.3 Å². The molecule has 1 aliphatic carbocycles. The Morgan fingerprint density at radius 3 is 2.66 bits per heavy atom. The number of amides is 1. The molecule has 2 N–H and O–H groups in total. The molecule has 0 spiro atoms. The van der Waals surface area contributed by atoms with Gasteiger partial charge in [0, 0.05) is 30.4 Å². The van der Waals surface area contributed by atoms with Crippen molar-refractivity contribution in [1.29, 1.82) is 0 Å². The summed E-state index contributed by atoms with van der Waals surface area (Å²) in [6.07, 6.45) is 8.21. The van der Waals surface area contributed by atoms with E-state index in [0.29, 0.717) is 73.5 Å². The average Bonchev–Trinajstić information content (AvgIpc) is 3.45. The van der Waals surface area contributed by atoms with E-state index in [4.69, 9.17) is 4.98 Å². The van der Waals surface area contributed by atoms with Crippen molar-refractivity contribution in [1.82, 2.24) is 35.4 Å². The number of rotatable bonds is 9. The topological polar surface area (TPSA) is 134 Å². The number of likely N-dealkylation sites (tertiary alicyclic amines) is 1. The van der Waals surface area contributed by atoms with Gasteiger partial charge >= 0.3 is 5.97 Å². The van der Waals surface area contributed by atoms with Crippen molar-refractivity contribution in [3.05, 3.63) is 64.7 Å². The van der Waals surface area contributed by atoms with Crippen LogP contribution in [0.1, 0.15) is 72.2 Å². The molecule has 2 unspecified atom stereocenters. The molecule has 2 atom stereocenters. The van der Waals surface area contributed by atoms with E-state index in [-0.39, 0.29) is 23.8 Å². The van der Waals surface area contributed by atoms with Crippen LogP contribution in [0.3, 0.4) is 0 Å². The standard InChI is InChI=1S/C32H36FN7O3S/c1-19(2)32(33)10-5-25-23(16-32)15-27-29(38-25)44-30(39-27)28(41)37-26(9-14-40-12-7-20(8-13-40)31(42)43)21-3-4-24(34-17-21)22-6-11-35-36-18-22/h3-4,6,11,15,17-20,26H,5,7-10,12-14,16H2,1-2H3,(H,37,41)(H,42,43). The quantitative estimate of drug-likeness (QED) is 0.265. The zero-order chi connectivity index (χ0) is 30.8. The molecule has 10 nitrogen and oxygen atoms in total. The number of nitrogens with zero attached hydrogens (tertiary/aromatic N) is 6. The summed E-state index contributed by atoms with van der Waals surface area (Å²) in [6, 6.07) is 7.25. The van der Waals surface area contributed by atoms with Crippen LogP contribution >= 0.6 is 11.3 Å². The number of carboxylic acids is 1. The van der Waals surface area contributed by atoms with Crippen LogP contribution in [0.4, 0.5) is 4.39 Å². The molecule has 44 heavy (non-hydrogen) atoms. The van der Waals surface area contributed by atoms with Crippen LogP contribution in [0, 0.1) is 11.8 Å². The zero-order valence-electron chi connectivity index (χ0n) is 24.9. The summed E-state index contributed by atoms with van der Waals surface area (Å²) >= 11 is 1.25. The predicted molar refractivity (Wildman–Crippen MR) is 165 cm³/mol. The van der Waals surface area contributed by atoms with Gasteiger partial charge in [-0.2, -0.15) is 10.2 Å². The van der Waals surface area contributed by atoms with Crippen molar-refractivity contribution in [3.8, 4) is 11.3 Å². The number of carboxylic acid groups (broad SMARTS) is 1. The first kappa shape index (κ1) is 30.1. The number of nitrogens with one attached hydrogen (secondary N) is 1. The van der Waals surface area contributed by atoms with Crippen LogP contribution in [0.5, 0.6) is 0 Å². The molecule has 5 heterocycles. The first-order valence-electron chi connectivity index (χ1n) is 15.2. The molecule has 230 valence electrons. The van der Waals surface area contributed by atoms with E-state index in [1.807, 2.05) is 38.1 Å². The van der Waals surface area contributed by atoms with Gasteiger partial charge in [-0.3, -0.25) is 14.6 Å². The fourth-order valence-electron chi connectivity index (χ4n) is 6.11. The second-order valence-corrected chi connectivity index (χ2v) is 13.2. The number of hydrogen-bond donors (Lipinski definition) is 2. The first-order valence-corrected chi connectivity index (χ1v) is 16.0. The Bertz CT molecular complexity index is 1640. The van der Waals surface area contributed by atoms with E-state index < -0.39 is 11.6 Å². The molecule has 12 heteroatoms. The lowest BCUT2D eigenvalue weighted by Crippen LogP contribution is -2.38. The number of carbonyl (C=O) groups is 2. The molecule has 1 amide bonds. The number of thiazole rings is 1. The monoisotopic (exact) mass is 617 g/mol. The lowest BCUT2D eigenvalue weighted by atomic mass is 9.77. The minimum Gasteiger partial charge on any atom is -0.481 e. The molecule has 1 fully saturated rings. The largest absolute Gasteiger partial charge is 0.481 e. The van der Waals surface area contributed by atoms with Gasteiger partial charge in [0.15, 0.2) is 5.01 Å². The summed E-state index contributed by atoms with van der Waals surface area (Å²) in [5.41, 5.74) is 3.57. The Morgan fingerprint density at radius 2 is 1.98 bits per heavy atom. The van der Waals surface area contributed by atoms with Gasteiger partial charge in [-0.15, -0.1) is 0 Å². The highest BCUT2D eigenvalue weighted by Crippen LogP contribution is 2.38. The van der Waals surface area contributed by atoms with Crippen LogP contribution < -0.4 is 5.32 Å². The number of halogens is 1. The number of carbonyl (C=O) groups excluding carboxylic acids is 1. The third-order valence-electron chi connectivity index (χ3n) is 9.09. The summed E-state index contributed by atoms with van der Waals surface area (Å²) in [5.74, 6) is -1.43. The Morgan fingerprint density at radius 1 is 1.16 bits per heavy atom. The molecular formula is C32H36FN7O3S. The number of piperidine rings is 1. The molecule has 4 aromatic rings. The summed E-state index contributed by atoms with van der Waals surface area (Å²) in [4.78, 5) is 41.9. The molecule has 4 aromatic heterocycles. The SMILES string of the molecule is CC(C)C1(F)CCc2nc3sc(C(=O)NC(CCN4CCC(C(=O)O)CC4)c4ccc(-c5ccnnc5)nc4)nc3cc2C1. The summed E-state index contributed by atoms with van der Waals surface area (Å²) in [7, 11) is 0. The van der Waals surface area contributed by atoms with E-state index in [1.165, 1.54) is 11.3 Å². The fourth-order valence-corrected chi connectivity index (χ4v) is 6.96. The first-order chi connectivity index (χ1) is 21.2. The van der Waals surface area contributed by atoms with E-state index in [2.05, 4.69) is 30.4 Å². The zero-order valence-corrected chi connectivity index (χ0v) is 25.7. The van der Waals surface area contributed by atoms with Crippen LogP contribution in [0.15, 0.2) is 42.9 Å². The van der Waals surface area contributed by atoms with Crippen LogP contribution in [-0.4, -0.2) is 72.3 Å². The highest BCUT2D eigenvalue weighted by Gasteiger charge is 2.38. The molecule has 1 saturated heterocycles. The minimum atomic E-state index is -1.26. The molecule has 6 rings (SSSR count). The minimum absolute atomic E-state index is 0.0893. The maximum absolute atomic E-state index is 15.4. The van der Waals surface area contributed by atoms with E-state index in [1.54, 1.807) is 18.6 Å². The Labute approximate surface area is 259 Å². The van der Waals surface area contributed by atoms with Crippen LogP contribution in [0.2, 0.25) is 0 Å². The lowest BCUT2D eigenvalue weighted by molar-refractivity contribution is -0.143. The number of alkyl halides is 1. The Hall–Kier alpha value is -3.90. The van der Waals surface area contributed by atoms with Crippen molar-refractivity contribution in [2.24, 2.45) is 11.8 Å². The summed E-state index contributed by atoms with van der Waals surface area (Å²) in [6.45, 7) is 5.93. The molecule has 0 aromatic carbocycles. The van der Waals surface area contributed by atoms with Gasteiger partial charge in [0.2, 0.25) is 0 Å².